The normalized spacial score (nSPS) is 11.6. The average molecular weight is 419 g/mol. The number of rotatable bonds is 10. The van der Waals surface area contributed by atoms with Gasteiger partial charge in [-0.05, 0) is 55.7 Å². The van der Waals surface area contributed by atoms with Crippen LogP contribution in [0.3, 0.4) is 0 Å². The van der Waals surface area contributed by atoms with Crippen molar-refractivity contribution < 1.29 is 19.1 Å². The van der Waals surface area contributed by atoms with Gasteiger partial charge in [-0.1, -0.05) is 30.7 Å². The van der Waals surface area contributed by atoms with Crippen LogP contribution in [0.1, 0.15) is 35.7 Å². The monoisotopic (exact) mass is 418 g/mol. The molecule has 2 amide bonds. The molecule has 0 saturated carbocycles. The fraction of sp³-hybridized carbons (Fsp3) is 0.364. The standard InChI is InChI=1S/C22H27ClN2O4/c1-4-20(29-16-10-11-18(23)15(2)14-16)22(27)25-19-9-6-5-8-17(19)21(26)24-12-7-13-28-3/h5-6,8-11,14,20H,4,7,12-13H2,1-3H3,(H,24,26)(H,25,27). The maximum Gasteiger partial charge on any atom is 0.265 e. The summed E-state index contributed by atoms with van der Waals surface area (Å²) in [6, 6.07) is 12.1. The van der Waals surface area contributed by atoms with E-state index in [1.807, 2.05) is 13.8 Å². The molecule has 0 bridgehead atoms. The summed E-state index contributed by atoms with van der Waals surface area (Å²) in [6.45, 7) is 4.79. The van der Waals surface area contributed by atoms with Gasteiger partial charge in [0.2, 0.25) is 0 Å². The van der Waals surface area contributed by atoms with Crippen molar-refractivity contribution in [2.75, 3.05) is 25.6 Å². The van der Waals surface area contributed by atoms with Gasteiger partial charge in [-0.25, -0.2) is 0 Å². The third-order valence-corrected chi connectivity index (χ3v) is 4.74. The number of hydrogen-bond donors (Lipinski definition) is 2. The van der Waals surface area contributed by atoms with E-state index in [1.54, 1.807) is 49.6 Å². The molecule has 156 valence electrons. The highest BCUT2D eigenvalue weighted by Gasteiger charge is 2.21. The molecule has 6 nitrogen and oxygen atoms in total. The largest absolute Gasteiger partial charge is 0.481 e. The summed E-state index contributed by atoms with van der Waals surface area (Å²) < 4.78 is 10.8. The third-order valence-electron chi connectivity index (χ3n) is 4.31. The number of carbonyl (C=O) groups is 2. The Hall–Kier alpha value is -2.57. The Morgan fingerprint density at radius 1 is 1.17 bits per heavy atom. The molecule has 0 fully saturated rings. The van der Waals surface area contributed by atoms with Crippen LogP contribution in [0, 0.1) is 6.92 Å². The molecular formula is C22H27ClN2O4. The number of nitrogens with one attached hydrogen (secondary N) is 2. The summed E-state index contributed by atoms with van der Waals surface area (Å²) in [4.78, 5) is 25.2. The first-order chi connectivity index (χ1) is 14.0. The molecule has 0 aromatic heterocycles. The highest BCUT2D eigenvalue weighted by atomic mass is 35.5. The Morgan fingerprint density at radius 2 is 1.93 bits per heavy atom. The van der Waals surface area contributed by atoms with E-state index in [0.717, 1.165) is 5.56 Å². The van der Waals surface area contributed by atoms with E-state index in [1.165, 1.54) is 0 Å². The predicted molar refractivity (Wildman–Crippen MR) is 115 cm³/mol. The van der Waals surface area contributed by atoms with Crippen molar-refractivity contribution in [2.24, 2.45) is 0 Å². The Kier molecular flexibility index (Phi) is 8.96. The number of aryl methyl sites for hydroxylation is 1. The summed E-state index contributed by atoms with van der Waals surface area (Å²) >= 11 is 6.04. The maximum atomic E-state index is 12.8. The van der Waals surface area contributed by atoms with Crippen LogP contribution in [0.2, 0.25) is 5.02 Å². The number of carbonyl (C=O) groups excluding carboxylic acids is 2. The van der Waals surface area contributed by atoms with E-state index in [2.05, 4.69) is 10.6 Å². The molecule has 29 heavy (non-hydrogen) atoms. The molecule has 0 aliphatic rings. The van der Waals surface area contributed by atoms with Gasteiger partial charge < -0.3 is 20.1 Å². The number of amides is 2. The summed E-state index contributed by atoms with van der Waals surface area (Å²) in [5, 5.41) is 6.28. The number of halogens is 1. The third kappa shape index (κ3) is 6.76. The molecule has 0 aliphatic carbocycles. The molecule has 7 heteroatoms. The second kappa shape index (κ2) is 11.4. The van der Waals surface area contributed by atoms with Crippen LogP contribution in [0.5, 0.6) is 5.75 Å². The molecule has 0 aliphatic heterocycles. The first kappa shape index (κ1) is 22.7. The number of benzene rings is 2. The summed E-state index contributed by atoms with van der Waals surface area (Å²) in [5.74, 6) is -0.00268. The summed E-state index contributed by atoms with van der Waals surface area (Å²) in [5.41, 5.74) is 1.71. The van der Waals surface area contributed by atoms with Gasteiger partial charge in [0.25, 0.3) is 11.8 Å². The maximum absolute atomic E-state index is 12.8. The van der Waals surface area contributed by atoms with E-state index < -0.39 is 6.10 Å². The number of ether oxygens (including phenoxy) is 2. The highest BCUT2D eigenvalue weighted by Crippen LogP contribution is 2.23. The molecule has 0 radical (unpaired) electrons. The van der Waals surface area contributed by atoms with Crippen LogP contribution < -0.4 is 15.4 Å². The van der Waals surface area contributed by atoms with Crippen molar-refractivity contribution in [1.29, 1.82) is 0 Å². The lowest BCUT2D eigenvalue weighted by molar-refractivity contribution is -0.122. The van der Waals surface area contributed by atoms with Gasteiger partial charge in [0.1, 0.15) is 5.75 Å². The molecule has 1 unspecified atom stereocenters. The lowest BCUT2D eigenvalue weighted by Crippen LogP contribution is -2.33. The van der Waals surface area contributed by atoms with Crippen molar-refractivity contribution in [3.8, 4) is 5.75 Å². The van der Waals surface area contributed by atoms with Crippen molar-refractivity contribution in [3.05, 3.63) is 58.6 Å². The van der Waals surface area contributed by atoms with Crippen molar-refractivity contribution in [1.82, 2.24) is 5.32 Å². The lowest BCUT2D eigenvalue weighted by Gasteiger charge is -2.19. The minimum atomic E-state index is -0.701. The van der Waals surface area contributed by atoms with Crippen molar-refractivity contribution in [2.45, 2.75) is 32.8 Å². The Labute approximate surface area is 176 Å². The quantitative estimate of drug-likeness (QED) is 0.566. The molecule has 0 saturated heterocycles. The van der Waals surface area contributed by atoms with Gasteiger partial charge in [-0.3, -0.25) is 9.59 Å². The summed E-state index contributed by atoms with van der Waals surface area (Å²) in [7, 11) is 1.62. The van der Waals surface area contributed by atoms with Crippen LogP contribution in [-0.4, -0.2) is 38.2 Å². The first-order valence-corrected chi connectivity index (χ1v) is 9.93. The fourth-order valence-corrected chi connectivity index (χ4v) is 2.81. The van der Waals surface area contributed by atoms with Crippen LogP contribution in [-0.2, 0) is 9.53 Å². The number of hydrogen-bond acceptors (Lipinski definition) is 4. The number of para-hydroxylation sites is 1. The topological polar surface area (TPSA) is 76.7 Å². The highest BCUT2D eigenvalue weighted by molar-refractivity contribution is 6.31. The van der Waals surface area contributed by atoms with Crippen LogP contribution in [0.25, 0.3) is 0 Å². The fourth-order valence-electron chi connectivity index (χ4n) is 2.69. The second-order valence-electron chi connectivity index (χ2n) is 6.56. The number of anilines is 1. The van der Waals surface area contributed by atoms with Crippen LogP contribution in [0.15, 0.2) is 42.5 Å². The van der Waals surface area contributed by atoms with Crippen molar-refractivity contribution in [3.63, 3.8) is 0 Å². The Morgan fingerprint density at radius 3 is 2.62 bits per heavy atom. The first-order valence-electron chi connectivity index (χ1n) is 9.56. The average Bonchev–Trinajstić information content (AvgIpc) is 2.72. The molecule has 2 aromatic carbocycles. The molecule has 2 N–H and O–H groups in total. The SMILES string of the molecule is CCC(Oc1ccc(Cl)c(C)c1)C(=O)Nc1ccccc1C(=O)NCCCOC. The van der Waals surface area contributed by atoms with Crippen molar-refractivity contribution >= 4 is 29.1 Å². The van der Waals surface area contributed by atoms with Gasteiger partial charge in [-0.2, -0.15) is 0 Å². The Bertz CT molecular complexity index is 841. The van der Waals surface area contributed by atoms with Gasteiger partial charge in [0.05, 0.1) is 11.3 Å². The summed E-state index contributed by atoms with van der Waals surface area (Å²) in [6.07, 6.45) is 0.482. The molecular weight excluding hydrogens is 392 g/mol. The van der Waals surface area contributed by atoms with Crippen LogP contribution in [0.4, 0.5) is 5.69 Å². The lowest BCUT2D eigenvalue weighted by atomic mass is 10.1. The van der Waals surface area contributed by atoms with Gasteiger partial charge >= 0.3 is 0 Å². The van der Waals surface area contributed by atoms with Crippen LogP contribution >= 0.6 is 11.6 Å². The predicted octanol–water partition coefficient (Wildman–Crippen LogP) is 4.21. The minimum absolute atomic E-state index is 0.251. The number of methoxy groups -OCH3 is 1. The smallest absolute Gasteiger partial charge is 0.265 e. The molecule has 2 aromatic rings. The van der Waals surface area contributed by atoms with Gasteiger partial charge in [0.15, 0.2) is 6.10 Å². The second-order valence-corrected chi connectivity index (χ2v) is 6.97. The zero-order chi connectivity index (χ0) is 21.2. The van der Waals surface area contributed by atoms with E-state index >= 15 is 0 Å². The van der Waals surface area contributed by atoms with E-state index in [0.29, 0.717) is 48.0 Å². The Balaban J connectivity index is 2.06. The minimum Gasteiger partial charge on any atom is -0.481 e. The molecule has 0 spiro atoms. The molecule has 0 heterocycles. The molecule has 2 rings (SSSR count). The molecule has 1 atom stereocenters. The van der Waals surface area contributed by atoms with E-state index in [-0.39, 0.29) is 11.8 Å². The van der Waals surface area contributed by atoms with E-state index in [9.17, 15) is 9.59 Å². The zero-order valence-electron chi connectivity index (χ0n) is 17.0. The van der Waals surface area contributed by atoms with E-state index in [4.69, 9.17) is 21.1 Å². The van der Waals surface area contributed by atoms with Gasteiger partial charge in [-0.15, -0.1) is 0 Å². The zero-order valence-corrected chi connectivity index (χ0v) is 17.7. The van der Waals surface area contributed by atoms with Gasteiger partial charge in [0, 0.05) is 25.3 Å².